The van der Waals surface area contributed by atoms with Gasteiger partial charge in [-0.2, -0.15) is 0 Å². The lowest BCUT2D eigenvalue weighted by Crippen LogP contribution is -2.08. The van der Waals surface area contributed by atoms with Gasteiger partial charge in [0, 0.05) is 6.42 Å². The van der Waals surface area contributed by atoms with Gasteiger partial charge in [0.05, 0.1) is 12.5 Å². The van der Waals surface area contributed by atoms with Gasteiger partial charge in [-0.15, -0.1) is 11.6 Å². The molecular weight excluding hydrogens is 272 g/mol. The van der Waals surface area contributed by atoms with Gasteiger partial charge in [0.15, 0.2) is 0 Å². The highest BCUT2D eigenvalue weighted by Crippen LogP contribution is 2.34. The zero-order valence-electron chi connectivity index (χ0n) is 12.9. The molecule has 0 fully saturated rings. The van der Waals surface area contributed by atoms with E-state index in [0.29, 0.717) is 6.42 Å². The molecule has 0 heterocycles. The summed E-state index contributed by atoms with van der Waals surface area (Å²) in [5.74, 6) is -0.146. The Hall–Kier alpha value is -1.02. The first-order chi connectivity index (χ1) is 9.31. The highest BCUT2D eigenvalue weighted by molar-refractivity contribution is 6.20. The second-order valence-corrected chi connectivity index (χ2v) is 6.93. The molecule has 3 heteroatoms. The van der Waals surface area contributed by atoms with E-state index in [9.17, 15) is 4.79 Å². The molecule has 0 aliphatic rings. The van der Waals surface area contributed by atoms with E-state index in [4.69, 9.17) is 11.6 Å². The molecule has 0 N–H and O–H groups in total. The quantitative estimate of drug-likeness (QED) is 0.551. The van der Waals surface area contributed by atoms with Crippen LogP contribution in [0.1, 0.15) is 56.5 Å². The second kappa shape index (κ2) is 7.68. The van der Waals surface area contributed by atoms with Crippen LogP contribution in [0.4, 0.5) is 0 Å². The number of ether oxygens (including phenoxy) is 1. The van der Waals surface area contributed by atoms with Crippen molar-refractivity contribution in [2.75, 3.05) is 7.11 Å². The number of aryl methyl sites for hydroxylation is 1. The Bertz CT molecular complexity index is 418. The number of halogens is 1. The van der Waals surface area contributed by atoms with E-state index in [1.807, 2.05) is 0 Å². The lowest BCUT2D eigenvalue weighted by atomic mass is 9.88. The predicted molar refractivity (Wildman–Crippen MR) is 84.1 cm³/mol. The molecular formula is C17H25ClO2. The number of esters is 1. The fourth-order valence-corrected chi connectivity index (χ4v) is 2.70. The second-order valence-electron chi connectivity index (χ2n) is 6.40. The maximum absolute atomic E-state index is 11.0. The molecule has 1 atom stereocenters. The first kappa shape index (κ1) is 17.0. The van der Waals surface area contributed by atoms with Gasteiger partial charge in [-0.3, -0.25) is 4.79 Å². The Labute approximate surface area is 127 Å². The molecule has 1 rings (SSSR count). The molecule has 0 radical (unpaired) electrons. The number of carbonyl (C=O) groups is 1. The Morgan fingerprint density at radius 3 is 2.35 bits per heavy atom. The van der Waals surface area contributed by atoms with Crippen molar-refractivity contribution in [2.45, 2.75) is 51.8 Å². The van der Waals surface area contributed by atoms with Gasteiger partial charge < -0.3 is 4.74 Å². The first-order valence-corrected chi connectivity index (χ1v) is 7.55. The molecule has 0 aromatic heterocycles. The Kier molecular flexibility index (Phi) is 6.54. The maximum Gasteiger partial charge on any atom is 0.305 e. The van der Waals surface area contributed by atoms with Crippen molar-refractivity contribution in [1.82, 2.24) is 0 Å². The Morgan fingerprint density at radius 1 is 1.25 bits per heavy atom. The number of rotatable bonds is 6. The van der Waals surface area contributed by atoms with E-state index in [-0.39, 0.29) is 16.8 Å². The van der Waals surface area contributed by atoms with Crippen LogP contribution in [0.5, 0.6) is 0 Å². The third-order valence-corrected chi connectivity index (χ3v) is 3.61. The summed E-state index contributed by atoms with van der Waals surface area (Å²) >= 11 is 6.45. The fraction of sp³-hybridized carbons (Fsp3) is 0.588. The molecule has 0 spiro atoms. The van der Waals surface area contributed by atoms with E-state index in [2.05, 4.69) is 49.8 Å². The Morgan fingerprint density at radius 2 is 1.85 bits per heavy atom. The lowest BCUT2D eigenvalue weighted by Gasteiger charge is -2.22. The predicted octanol–water partition coefficient (Wildman–Crippen LogP) is 4.90. The zero-order valence-corrected chi connectivity index (χ0v) is 13.7. The third kappa shape index (κ3) is 6.42. The highest BCUT2D eigenvalue weighted by Gasteiger charge is 2.18. The van der Waals surface area contributed by atoms with Crippen LogP contribution >= 0.6 is 11.6 Å². The number of hydrogen-bond donors (Lipinski definition) is 0. The van der Waals surface area contributed by atoms with Crippen molar-refractivity contribution in [3.63, 3.8) is 0 Å². The zero-order chi connectivity index (χ0) is 15.2. The normalized spacial score (nSPS) is 13.1. The summed E-state index contributed by atoms with van der Waals surface area (Å²) in [4.78, 5) is 11.0. The monoisotopic (exact) mass is 296 g/mol. The summed E-state index contributed by atoms with van der Waals surface area (Å²) in [5.41, 5.74) is 2.63. The van der Waals surface area contributed by atoms with Crippen LogP contribution in [-0.2, 0) is 16.0 Å². The van der Waals surface area contributed by atoms with Gasteiger partial charge >= 0.3 is 5.97 Å². The van der Waals surface area contributed by atoms with Crippen LogP contribution in [0, 0.1) is 5.41 Å². The van der Waals surface area contributed by atoms with Crippen molar-refractivity contribution in [3.05, 3.63) is 35.4 Å². The van der Waals surface area contributed by atoms with Crippen LogP contribution < -0.4 is 0 Å². The number of methoxy groups -OCH3 is 1. The van der Waals surface area contributed by atoms with Gasteiger partial charge in [-0.1, -0.05) is 45.0 Å². The standard InChI is InChI=1S/C17H25ClO2/c1-17(2,3)12-15(18)14-10-8-13(9-11-14)6-5-7-16(19)20-4/h8-11,15H,5-7,12H2,1-4H3. The maximum atomic E-state index is 11.0. The molecule has 0 bridgehead atoms. The lowest BCUT2D eigenvalue weighted by molar-refractivity contribution is -0.140. The average molecular weight is 297 g/mol. The van der Waals surface area contributed by atoms with Crippen molar-refractivity contribution in [2.24, 2.45) is 5.41 Å². The smallest absolute Gasteiger partial charge is 0.305 e. The van der Waals surface area contributed by atoms with E-state index in [1.54, 1.807) is 0 Å². The van der Waals surface area contributed by atoms with Crippen LogP contribution in [-0.4, -0.2) is 13.1 Å². The summed E-state index contributed by atoms with van der Waals surface area (Å²) in [6.45, 7) is 6.59. The van der Waals surface area contributed by atoms with E-state index in [0.717, 1.165) is 19.3 Å². The average Bonchev–Trinajstić information content (AvgIpc) is 2.37. The van der Waals surface area contributed by atoms with Crippen LogP contribution in [0.25, 0.3) is 0 Å². The molecule has 1 unspecified atom stereocenters. The van der Waals surface area contributed by atoms with E-state index in [1.165, 1.54) is 18.2 Å². The molecule has 1 aromatic rings. The van der Waals surface area contributed by atoms with Crippen LogP contribution in [0.3, 0.4) is 0 Å². The minimum atomic E-state index is -0.146. The number of alkyl halides is 1. The fourth-order valence-electron chi connectivity index (χ4n) is 2.09. The minimum Gasteiger partial charge on any atom is -0.469 e. The van der Waals surface area contributed by atoms with Crippen molar-refractivity contribution < 1.29 is 9.53 Å². The molecule has 0 saturated heterocycles. The summed E-state index contributed by atoms with van der Waals surface area (Å²) in [5, 5.41) is 0.0547. The highest BCUT2D eigenvalue weighted by atomic mass is 35.5. The van der Waals surface area contributed by atoms with Crippen molar-refractivity contribution in [1.29, 1.82) is 0 Å². The van der Waals surface area contributed by atoms with E-state index < -0.39 is 0 Å². The topological polar surface area (TPSA) is 26.3 Å². The molecule has 0 saturated carbocycles. The summed E-state index contributed by atoms with van der Waals surface area (Å²) in [6, 6.07) is 8.39. The van der Waals surface area contributed by atoms with Crippen LogP contribution in [0.15, 0.2) is 24.3 Å². The third-order valence-electron chi connectivity index (χ3n) is 3.21. The molecule has 1 aromatic carbocycles. The van der Waals surface area contributed by atoms with Gasteiger partial charge in [-0.05, 0) is 35.8 Å². The van der Waals surface area contributed by atoms with Crippen molar-refractivity contribution in [3.8, 4) is 0 Å². The van der Waals surface area contributed by atoms with Crippen LogP contribution in [0.2, 0.25) is 0 Å². The Balaban J connectivity index is 2.49. The SMILES string of the molecule is COC(=O)CCCc1ccc(C(Cl)CC(C)(C)C)cc1. The number of hydrogen-bond acceptors (Lipinski definition) is 2. The molecule has 0 aliphatic carbocycles. The summed E-state index contributed by atoms with van der Waals surface area (Å²) < 4.78 is 4.63. The molecule has 2 nitrogen and oxygen atoms in total. The summed E-state index contributed by atoms with van der Waals surface area (Å²) in [6.07, 6.45) is 3.14. The van der Waals surface area contributed by atoms with Gasteiger partial charge in [-0.25, -0.2) is 0 Å². The van der Waals surface area contributed by atoms with Gasteiger partial charge in [0.2, 0.25) is 0 Å². The minimum absolute atomic E-state index is 0.0547. The first-order valence-electron chi connectivity index (χ1n) is 7.11. The number of benzene rings is 1. The molecule has 20 heavy (non-hydrogen) atoms. The van der Waals surface area contributed by atoms with E-state index >= 15 is 0 Å². The van der Waals surface area contributed by atoms with Gasteiger partial charge in [0.1, 0.15) is 0 Å². The molecule has 112 valence electrons. The van der Waals surface area contributed by atoms with Gasteiger partial charge in [0.25, 0.3) is 0 Å². The largest absolute Gasteiger partial charge is 0.469 e. The number of carbonyl (C=O) groups excluding carboxylic acids is 1. The van der Waals surface area contributed by atoms with Crippen molar-refractivity contribution >= 4 is 17.6 Å². The summed E-state index contributed by atoms with van der Waals surface area (Å²) in [7, 11) is 1.42. The molecule has 0 aliphatic heterocycles. The molecule has 0 amide bonds.